The van der Waals surface area contributed by atoms with Gasteiger partial charge in [0.1, 0.15) is 5.82 Å². The van der Waals surface area contributed by atoms with Crippen molar-refractivity contribution in [3.05, 3.63) is 47.8 Å². The third-order valence-electron chi connectivity index (χ3n) is 4.77. The number of rotatable bonds is 4. The molecule has 0 radical (unpaired) electrons. The molecule has 0 amide bonds. The molecular weight excluding hydrogens is 265 g/mol. The molecule has 0 N–H and O–H groups in total. The van der Waals surface area contributed by atoms with Gasteiger partial charge >= 0.3 is 0 Å². The van der Waals surface area contributed by atoms with Crippen LogP contribution in [0.4, 0.5) is 4.39 Å². The summed E-state index contributed by atoms with van der Waals surface area (Å²) in [5, 5.41) is 0. The van der Waals surface area contributed by atoms with Gasteiger partial charge in [-0.05, 0) is 31.2 Å². The zero-order valence-electron chi connectivity index (χ0n) is 12.5. The number of benzene rings is 1. The Hall–Kier alpha value is -1.48. The van der Waals surface area contributed by atoms with Gasteiger partial charge in [-0.2, -0.15) is 0 Å². The summed E-state index contributed by atoms with van der Waals surface area (Å²) < 4.78 is 14.2. The van der Waals surface area contributed by atoms with Gasteiger partial charge in [-0.3, -0.25) is 9.69 Å². The SMILES string of the molecule is C=C1CN(C(C(=O)C2CC2)c2ccccc2F)CCC1C. The Balaban J connectivity index is 1.91. The Morgan fingerprint density at radius 2 is 2.05 bits per heavy atom. The fraction of sp³-hybridized carbons (Fsp3) is 0.500. The first kappa shape index (κ1) is 14.5. The molecule has 1 aliphatic heterocycles. The van der Waals surface area contributed by atoms with Crippen LogP contribution < -0.4 is 0 Å². The Morgan fingerprint density at radius 1 is 1.33 bits per heavy atom. The lowest BCUT2D eigenvalue weighted by molar-refractivity contribution is -0.126. The number of halogens is 1. The molecule has 2 aliphatic rings. The van der Waals surface area contributed by atoms with E-state index in [0.717, 1.165) is 31.4 Å². The molecule has 2 atom stereocenters. The van der Waals surface area contributed by atoms with Crippen LogP contribution in [0.25, 0.3) is 0 Å². The van der Waals surface area contributed by atoms with Crippen LogP contribution in [0.5, 0.6) is 0 Å². The van der Waals surface area contributed by atoms with Crippen molar-refractivity contribution in [3.63, 3.8) is 0 Å². The molecule has 0 aromatic heterocycles. The predicted molar refractivity (Wildman–Crippen MR) is 81.4 cm³/mol. The van der Waals surface area contributed by atoms with Crippen LogP contribution in [0.3, 0.4) is 0 Å². The van der Waals surface area contributed by atoms with Gasteiger partial charge in [-0.1, -0.05) is 37.3 Å². The largest absolute Gasteiger partial charge is 0.297 e. The molecule has 1 heterocycles. The van der Waals surface area contributed by atoms with Crippen LogP contribution in [-0.4, -0.2) is 23.8 Å². The number of carbonyl (C=O) groups excluding carboxylic acids is 1. The third kappa shape index (κ3) is 2.93. The van der Waals surface area contributed by atoms with Crippen molar-refractivity contribution in [2.75, 3.05) is 13.1 Å². The van der Waals surface area contributed by atoms with Crippen LogP contribution in [0.2, 0.25) is 0 Å². The summed E-state index contributed by atoms with van der Waals surface area (Å²) in [6, 6.07) is 6.25. The van der Waals surface area contributed by atoms with Crippen LogP contribution in [0.1, 0.15) is 37.8 Å². The summed E-state index contributed by atoms with van der Waals surface area (Å²) in [5.74, 6) is 0.518. The van der Waals surface area contributed by atoms with Crippen molar-refractivity contribution >= 4 is 5.78 Å². The van der Waals surface area contributed by atoms with Gasteiger partial charge < -0.3 is 0 Å². The van der Waals surface area contributed by atoms with Crippen molar-refractivity contribution < 1.29 is 9.18 Å². The molecule has 1 saturated heterocycles. The first-order chi connectivity index (χ1) is 10.1. The van der Waals surface area contributed by atoms with E-state index in [-0.39, 0.29) is 17.5 Å². The van der Waals surface area contributed by atoms with Gasteiger partial charge in [0.15, 0.2) is 5.78 Å². The maximum absolute atomic E-state index is 14.2. The van der Waals surface area contributed by atoms with E-state index < -0.39 is 6.04 Å². The van der Waals surface area contributed by atoms with E-state index in [1.54, 1.807) is 12.1 Å². The minimum Gasteiger partial charge on any atom is -0.297 e. The van der Waals surface area contributed by atoms with Crippen molar-refractivity contribution in [1.82, 2.24) is 4.90 Å². The smallest absolute Gasteiger partial charge is 0.157 e. The molecule has 3 heteroatoms. The molecule has 0 bridgehead atoms. The fourth-order valence-corrected chi connectivity index (χ4v) is 3.10. The van der Waals surface area contributed by atoms with Gasteiger partial charge in [-0.15, -0.1) is 0 Å². The van der Waals surface area contributed by atoms with E-state index in [2.05, 4.69) is 18.4 Å². The summed E-state index contributed by atoms with van der Waals surface area (Å²) in [6.07, 6.45) is 2.89. The molecule has 1 aromatic carbocycles. The zero-order chi connectivity index (χ0) is 15.0. The minimum atomic E-state index is -0.442. The van der Waals surface area contributed by atoms with E-state index in [0.29, 0.717) is 18.0 Å². The van der Waals surface area contributed by atoms with Crippen LogP contribution in [-0.2, 0) is 4.79 Å². The summed E-state index contributed by atoms with van der Waals surface area (Å²) in [5.41, 5.74) is 1.67. The number of Topliss-reactive ketones (excluding diaryl/α,β-unsaturated/α-hetero) is 1. The summed E-state index contributed by atoms with van der Waals surface area (Å²) in [6.45, 7) is 7.81. The average molecular weight is 287 g/mol. The molecule has 112 valence electrons. The normalized spacial score (nSPS) is 24.9. The maximum atomic E-state index is 14.2. The number of carbonyl (C=O) groups is 1. The first-order valence-electron chi connectivity index (χ1n) is 7.78. The lowest BCUT2D eigenvalue weighted by atomic mass is 9.90. The second-order valence-corrected chi connectivity index (χ2v) is 6.42. The zero-order valence-corrected chi connectivity index (χ0v) is 12.5. The summed E-state index contributed by atoms with van der Waals surface area (Å²) >= 11 is 0. The number of hydrogen-bond acceptors (Lipinski definition) is 2. The van der Waals surface area contributed by atoms with E-state index in [4.69, 9.17) is 0 Å². The van der Waals surface area contributed by atoms with Gasteiger partial charge in [-0.25, -0.2) is 4.39 Å². The van der Waals surface area contributed by atoms with E-state index in [1.165, 1.54) is 6.07 Å². The highest BCUT2D eigenvalue weighted by atomic mass is 19.1. The Labute approximate surface area is 125 Å². The van der Waals surface area contributed by atoms with Gasteiger partial charge in [0.2, 0.25) is 0 Å². The molecular formula is C18H22FNO. The maximum Gasteiger partial charge on any atom is 0.157 e. The molecule has 0 spiro atoms. The highest BCUT2D eigenvalue weighted by molar-refractivity contribution is 5.89. The molecule has 3 rings (SSSR count). The monoisotopic (exact) mass is 287 g/mol. The molecule has 1 aromatic rings. The predicted octanol–water partition coefficient (Wildman–Crippen LogP) is 3.74. The van der Waals surface area contributed by atoms with Gasteiger partial charge in [0.05, 0.1) is 6.04 Å². The first-order valence-corrected chi connectivity index (χ1v) is 7.78. The summed E-state index contributed by atoms with van der Waals surface area (Å²) in [7, 11) is 0. The quantitative estimate of drug-likeness (QED) is 0.786. The average Bonchev–Trinajstić information content (AvgIpc) is 3.29. The van der Waals surface area contributed by atoms with E-state index in [9.17, 15) is 9.18 Å². The number of piperidine rings is 1. The van der Waals surface area contributed by atoms with E-state index >= 15 is 0 Å². The number of likely N-dealkylation sites (tertiary alicyclic amines) is 1. The number of ketones is 1. The van der Waals surface area contributed by atoms with Crippen molar-refractivity contribution in [3.8, 4) is 0 Å². The van der Waals surface area contributed by atoms with Crippen molar-refractivity contribution in [1.29, 1.82) is 0 Å². The molecule has 1 saturated carbocycles. The highest BCUT2D eigenvalue weighted by Crippen LogP contribution is 2.39. The molecule has 2 fully saturated rings. The van der Waals surface area contributed by atoms with Crippen LogP contribution in [0.15, 0.2) is 36.4 Å². The lowest BCUT2D eigenvalue weighted by Gasteiger charge is -2.37. The van der Waals surface area contributed by atoms with Crippen LogP contribution in [0, 0.1) is 17.7 Å². The van der Waals surface area contributed by atoms with E-state index in [1.807, 2.05) is 6.07 Å². The second-order valence-electron chi connectivity index (χ2n) is 6.42. The Morgan fingerprint density at radius 3 is 2.67 bits per heavy atom. The standard InChI is InChI=1S/C18H22FNO/c1-12-9-10-20(11-13(12)2)17(18(21)14-7-8-14)15-5-3-4-6-16(15)19/h3-6,12,14,17H,2,7-11H2,1H3. The fourth-order valence-electron chi connectivity index (χ4n) is 3.10. The van der Waals surface area contributed by atoms with Gasteiger partial charge in [0, 0.05) is 24.6 Å². The topological polar surface area (TPSA) is 20.3 Å². The number of nitrogens with zero attached hydrogens (tertiary/aromatic N) is 1. The van der Waals surface area contributed by atoms with Gasteiger partial charge in [0.25, 0.3) is 0 Å². The number of hydrogen-bond donors (Lipinski definition) is 0. The minimum absolute atomic E-state index is 0.127. The highest BCUT2D eigenvalue weighted by Gasteiger charge is 2.40. The summed E-state index contributed by atoms with van der Waals surface area (Å²) in [4.78, 5) is 14.8. The van der Waals surface area contributed by atoms with Crippen LogP contribution >= 0.6 is 0 Å². The third-order valence-corrected chi connectivity index (χ3v) is 4.77. The lowest BCUT2D eigenvalue weighted by Crippen LogP contribution is -2.41. The van der Waals surface area contributed by atoms with Crippen molar-refractivity contribution in [2.45, 2.75) is 32.2 Å². The molecule has 1 aliphatic carbocycles. The molecule has 21 heavy (non-hydrogen) atoms. The Kier molecular flexibility index (Phi) is 3.94. The molecule has 2 unspecified atom stereocenters. The second kappa shape index (κ2) is 5.72. The van der Waals surface area contributed by atoms with Crippen molar-refractivity contribution in [2.24, 2.45) is 11.8 Å². The Bertz CT molecular complexity index is 564. The molecule has 2 nitrogen and oxygen atoms in total.